The summed E-state index contributed by atoms with van der Waals surface area (Å²) in [5, 5.41) is 7.47. The minimum absolute atomic E-state index is 0.0135. The summed E-state index contributed by atoms with van der Waals surface area (Å²) in [6, 6.07) is 10.7. The molecule has 4 rings (SSSR count). The third-order valence-corrected chi connectivity index (χ3v) is 5.03. The highest BCUT2D eigenvalue weighted by Crippen LogP contribution is 2.40. The van der Waals surface area contributed by atoms with Crippen molar-refractivity contribution in [3.63, 3.8) is 0 Å². The molecule has 132 valence electrons. The Kier molecular flexibility index (Phi) is 4.44. The molecule has 2 amide bonds. The molecule has 1 saturated heterocycles. The summed E-state index contributed by atoms with van der Waals surface area (Å²) in [5.74, 6) is 0.449. The van der Waals surface area contributed by atoms with Gasteiger partial charge in [-0.05, 0) is 18.9 Å². The highest BCUT2D eigenvalue weighted by molar-refractivity contribution is 5.75. The van der Waals surface area contributed by atoms with Gasteiger partial charge in [0.2, 0.25) is 0 Å². The van der Waals surface area contributed by atoms with Gasteiger partial charge in [-0.2, -0.15) is 5.10 Å². The maximum atomic E-state index is 12.6. The lowest BCUT2D eigenvalue weighted by molar-refractivity contribution is -0.0155. The fourth-order valence-corrected chi connectivity index (χ4v) is 3.43. The van der Waals surface area contributed by atoms with Crippen molar-refractivity contribution in [2.24, 2.45) is 0 Å². The molecule has 0 bridgehead atoms. The van der Waals surface area contributed by atoms with Crippen molar-refractivity contribution in [2.45, 2.75) is 38.0 Å². The molecule has 1 aliphatic heterocycles. The number of urea groups is 1. The van der Waals surface area contributed by atoms with Gasteiger partial charge < -0.3 is 15.0 Å². The zero-order valence-electron chi connectivity index (χ0n) is 14.5. The summed E-state index contributed by atoms with van der Waals surface area (Å²) in [6.45, 7) is 4.65. The Bertz CT molecular complexity index is 730. The van der Waals surface area contributed by atoms with Crippen LogP contribution in [-0.2, 0) is 11.3 Å². The van der Waals surface area contributed by atoms with Gasteiger partial charge in [-0.3, -0.25) is 4.68 Å². The monoisotopic (exact) mass is 340 g/mol. The fraction of sp³-hybridized carbons (Fsp3) is 0.474. The van der Waals surface area contributed by atoms with E-state index in [1.54, 1.807) is 0 Å². The van der Waals surface area contributed by atoms with Gasteiger partial charge in [-0.25, -0.2) is 4.79 Å². The van der Waals surface area contributed by atoms with Crippen molar-refractivity contribution >= 4 is 6.03 Å². The third kappa shape index (κ3) is 3.54. The number of nitrogens with one attached hydrogen (secondary N) is 1. The normalized spacial score (nSPS) is 25.6. The Morgan fingerprint density at radius 3 is 2.92 bits per heavy atom. The number of hydrogen-bond acceptors (Lipinski definition) is 3. The van der Waals surface area contributed by atoms with E-state index in [0.717, 1.165) is 18.5 Å². The van der Waals surface area contributed by atoms with E-state index in [1.807, 2.05) is 28.0 Å². The van der Waals surface area contributed by atoms with Crippen molar-refractivity contribution in [3.8, 4) is 0 Å². The maximum Gasteiger partial charge on any atom is 0.317 e. The predicted molar refractivity (Wildman–Crippen MR) is 94.3 cm³/mol. The number of carbonyl (C=O) groups is 1. The van der Waals surface area contributed by atoms with Crippen LogP contribution in [0.2, 0.25) is 0 Å². The average molecular weight is 340 g/mol. The minimum atomic E-state index is -0.0936. The lowest BCUT2D eigenvalue weighted by Gasteiger charge is -2.32. The molecule has 1 aliphatic carbocycles. The van der Waals surface area contributed by atoms with E-state index >= 15 is 0 Å². The molecule has 3 atom stereocenters. The van der Waals surface area contributed by atoms with E-state index in [4.69, 9.17) is 4.74 Å². The number of aromatic nitrogens is 2. The lowest BCUT2D eigenvalue weighted by Crippen LogP contribution is -2.47. The van der Waals surface area contributed by atoms with E-state index in [9.17, 15) is 4.79 Å². The molecular formula is C19H24N4O2. The van der Waals surface area contributed by atoms with Crippen LogP contribution in [0.3, 0.4) is 0 Å². The largest absolute Gasteiger partial charge is 0.370 e. The van der Waals surface area contributed by atoms with Crippen molar-refractivity contribution in [3.05, 3.63) is 53.9 Å². The molecule has 2 fully saturated rings. The van der Waals surface area contributed by atoms with Crippen LogP contribution < -0.4 is 5.32 Å². The molecule has 25 heavy (non-hydrogen) atoms. The van der Waals surface area contributed by atoms with Crippen LogP contribution in [0.4, 0.5) is 4.79 Å². The molecular weight excluding hydrogens is 316 g/mol. The second kappa shape index (κ2) is 6.88. The number of nitrogens with zero attached hydrogens (tertiary/aromatic N) is 3. The fourth-order valence-electron chi connectivity index (χ4n) is 3.43. The summed E-state index contributed by atoms with van der Waals surface area (Å²) in [7, 11) is 0. The van der Waals surface area contributed by atoms with Crippen LogP contribution in [0.25, 0.3) is 0 Å². The Hall–Kier alpha value is -2.34. The molecule has 2 aliphatic rings. The van der Waals surface area contributed by atoms with Gasteiger partial charge in [-0.15, -0.1) is 0 Å². The lowest BCUT2D eigenvalue weighted by atomic mass is 10.1. The topological polar surface area (TPSA) is 59.4 Å². The molecule has 1 aromatic heterocycles. The summed E-state index contributed by atoms with van der Waals surface area (Å²) < 4.78 is 7.72. The smallest absolute Gasteiger partial charge is 0.317 e. The maximum absolute atomic E-state index is 12.6. The number of aryl methyl sites for hydroxylation is 1. The number of benzene rings is 1. The average Bonchev–Trinajstić information content (AvgIpc) is 3.26. The van der Waals surface area contributed by atoms with Gasteiger partial charge in [0.05, 0.1) is 19.3 Å². The molecule has 0 unspecified atom stereocenters. The number of morpholine rings is 1. The van der Waals surface area contributed by atoms with Crippen LogP contribution in [0.5, 0.6) is 0 Å². The Labute approximate surface area is 147 Å². The SMILES string of the molecule is CCn1cc([C@@H]2CN(C(=O)N[C@H]3C[C@@H]3c3ccccc3)CCO2)cn1. The molecule has 2 aromatic rings. The van der Waals surface area contributed by atoms with Crippen molar-refractivity contribution < 1.29 is 9.53 Å². The molecule has 0 radical (unpaired) electrons. The number of carbonyl (C=O) groups excluding carboxylic acids is 1. The van der Waals surface area contributed by atoms with Gasteiger partial charge in [0.1, 0.15) is 6.10 Å². The van der Waals surface area contributed by atoms with Gasteiger partial charge >= 0.3 is 6.03 Å². The van der Waals surface area contributed by atoms with Crippen molar-refractivity contribution in [1.82, 2.24) is 20.0 Å². The molecule has 6 heteroatoms. The molecule has 2 heterocycles. The van der Waals surface area contributed by atoms with Crippen LogP contribution in [0.15, 0.2) is 42.7 Å². The second-order valence-corrected chi connectivity index (χ2v) is 6.74. The summed E-state index contributed by atoms with van der Waals surface area (Å²) in [4.78, 5) is 14.5. The van der Waals surface area contributed by atoms with Crippen LogP contribution in [0.1, 0.15) is 36.5 Å². The summed E-state index contributed by atoms with van der Waals surface area (Å²) in [5.41, 5.74) is 2.34. The first-order chi connectivity index (χ1) is 12.2. The Morgan fingerprint density at radius 1 is 1.32 bits per heavy atom. The predicted octanol–water partition coefficient (Wildman–Crippen LogP) is 2.54. The van der Waals surface area contributed by atoms with E-state index < -0.39 is 0 Å². The molecule has 1 aromatic carbocycles. The number of hydrogen-bond donors (Lipinski definition) is 1. The summed E-state index contributed by atoms with van der Waals surface area (Å²) in [6.07, 6.45) is 4.76. The zero-order chi connectivity index (χ0) is 17.2. The van der Waals surface area contributed by atoms with Crippen molar-refractivity contribution in [1.29, 1.82) is 0 Å². The number of ether oxygens (including phenoxy) is 1. The quantitative estimate of drug-likeness (QED) is 0.930. The standard InChI is InChI=1S/C19H24N4O2/c1-2-23-12-15(11-20-23)18-13-22(8-9-25-18)19(24)21-17-10-16(17)14-6-4-3-5-7-14/h3-7,11-12,16-18H,2,8-10,13H2,1H3,(H,21,24)/t16-,17+,18+/m1/s1. The van der Waals surface area contributed by atoms with Gasteiger partial charge in [0, 0.05) is 36.8 Å². The highest BCUT2D eigenvalue weighted by atomic mass is 16.5. The highest BCUT2D eigenvalue weighted by Gasteiger charge is 2.40. The van der Waals surface area contributed by atoms with E-state index in [0.29, 0.717) is 25.6 Å². The molecule has 1 saturated carbocycles. The van der Waals surface area contributed by atoms with Gasteiger partial charge in [0.25, 0.3) is 0 Å². The third-order valence-electron chi connectivity index (χ3n) is 5.03. The second-order valence-electron chi connectivity index (χ2n) is 6.74. The Balaban J connectivity index is 1.33. The van der Waals surface area contributed by atoms with Gasteiger partial charge in [0.15, 0.2) is 0 Å². The molecule has 1 N–H and O–H groups in total. The van der Waals surface area contributed by atoms with Crippen LogP contribution in [0, 0.1) is 0 Å². The number of rotatable bonds is 4. The molecule has 0 spiro atoms. The molecule has 6 nitrogen and oxygen atoms in total. The Morgan fingerprint density at radius 2 is 2.16 bits per heavy atom. The number of amides is 2. The van der Waals surface area contributed by atoms with E-state index in [1.165, 1.54) is 5.56 Å². The van der Waals surface area contributed by atoms with Crippen LogP contribution >= 0.6 is 0 Å². The first-order valence-electron chi connectivity index (χ1n) is 8.99. The first-order valence-corrected chi connectivity index (χ1v) is 8.99. The van der Waals surface area contributed by atoms with Gasteiger partial charge in [-0.1, -0.05) is 30.3 Å². The van der Waals surface area contributed by atoms with E-state index in [-0.39, 0.29) is 18.2 Å². The van der Waals surface area contributed by atoms with Crippen molar-refractivity contribution in [2.75, 3.05) is 19.7 Å². The summed E-state index contributed by atoms with van der Waals surface area (Å²) >= 11 is 0. The minimum Gasteiger partial charge on any atom is -0.370 e. The first kappa shape index (κ1) is 16.1. The zero-order valence-corrected chi connectivity index (χ0v) is 14.5. The van der Waals surface area contributed by atoms with E-state index in [2.05, 4.69) is 41.6 Å². The van der Waals surface area contributed by atoms with Crippen LogP contribution in [-0.4, -0.2) is 46.4 Å².